The van der Waals surface area contributed by atoms with Gasteiger partial charge in [-0.2, -0.15) is 0 Å². The van der Waals surface area contributed by atoms with Crippen molar-refractivity contribution in [3.63, 3.8) is 0 Å². The SMILES string of the molecule is CC(C(=O)O)c1cccnc1.O=C(O)Cc1cccc2ccccc12. The quantitative estimate of drug-likeness (QED) is 0.757. The molecule has 0 radical (unpaired) electrons. The van der Waals surface area contributed by atoms with Crippen molar-refractivity contribution in [2.24, 2.45) is 0 Å². The molecule has 1 heterocycles. The summed E-state index contributed by atoms with van der Waals surface area (Å²) < 4.78 is 0. The summed E-state index contributed by atoms with van der Waals surface area (Å²) in [5, 5.41) is 19.4. The maximum atomic E-state index is 10.6. The van der Waals surface area contributed by atoms with E-state index in [0.29, 0.717) is 0 Å². The van der Waals surface area contributed by atoms with E-state index in [1.54, 1.807) is 31.5 Å². The first-order valence-corrected chi connectivity index (χ1v) is 7.80. The molecule has 0 spiro atoms. The molecule has 0 bridgehead atoms. The van der Waals surface area contributed by atoms with Crippen molar-refractivity contribution < 1.29 is 19.8 Å². The lowest BCUT2D eigenvalue weighted by Crippen LogP contribution is -2.07. The van der Waals surface area contributed by atoms with Gasteiger partial charge in [0.2, 0.25) is 0 Å². The average molecular weight is 337 g/mol. The molecule has 0 aliphatic heterocycles. The fourth-order valence-electron chi connectivity index (χ4n) is 2.38. The molecule has 1 unspecified atom stereocenters. The Kier molecular flexibility index (Phi) is 6.23. The van der Waals surface area contributed by atoms with Gasteiger partial charge in [0.1, 0.15) is 0 Å². The number of pyridine rings is 1. The summed E-state index contributed by atoms with van der Waals surface area (Å²) in [6.07, 6.45) is 3.28. The first-order valence-electron chi connectivity index (χ1n) is 7.80. The maximum absolute atomic E-state index is 10.6. The fourth-order valence-corrected chi connectivity index (χ4v) is 2.38. The maximum Gasteiger partial charge on any atom is 0.310 e. The predicted octanol–water partition coefficient (Wildman–Crippen LogP) is 3.74. The monoisotopic (exact) mass is 337 g/mol. The highest BCUT2D eigenvalue weighted by atomic mass is 16.4. The molecular weight excluding hydrogens is 318 g/mol. The summed E-state index contributed by atoms with van der Waals surface area (Å²) in [6.45, 7) is 1.64. The first kappa shape index (κ1) is 18.1. The van der Waals surface area contributed by atoms with E-state index in [1.807, 2.05) is 42.5 Å². The predicted molar refractivity (Wildman–Crippen MR) is 95.6 cm³/mol. The smallest absolute Gasteiger partial charge is 0.310 e. The zero-order valence-electron chi connectivity index (χ0n) is 13.8. The van der Waals surface area contributed by atoms with Crippen molar-refractivity contribution >= 4 is 22.7 Å². The molecule has 0 saturated heterocycles. The van der Waals surface area contributed by atoms with Gasteiger partial charge in [0.15, 0.2) is 0 Å². The van der Waals surface area contributed by atoms with Crippen LogP contribution in [0, 0.1) is 0 Å². The minimum atomic E-state index is -0.821. The summed E-state index contributed by atoms with van der Waals surface area (Å²) >= 11 is 0. The van der Waals surface area contributed by atoms with Crippen molar-refractivity contribution in [2.75, 3.05) is 0 Å². The van der Waals surface area contributed by atoms with Crippen molar-refractivity contribution in [3.05, 3.63) is 78.1 Å². The van der Waals surface area contributed by atoms with E-state index < -0.39 is 17.9 Å². The Labute approximate surface area is 145 Å². The Bertz CT molecular complexity index is 856. The van der Waals surface area contributed by atoms with E-state index in [4.69, 9.17) is 10.2 Å². The van der Waals surface area contributed by atoms with Gasteiger partial charge in [0.05, 0.1) is 12.3 Å². The van der Waals surface area contributed by atoms with Gasteiger partial charge in [-0.3, -0.25) is 14.6 Å². The molecular formula is C20H19NO4. The lowest BCUT2D eigenvalue weighted by Gasteiger charge is -2.03. The van der Waals surface area contributed by atoms with Crippen molar-refractivity contribution in [2.45, 2.75) is 19.3 Å². The Balaban J connectivity index is 0.000000186. The second kappa shape index (κ2) is 8.59. The van der Waals surface area contributed by atoms with Gasteiger partial charge in [0, 0.05) is 12.4 Å². The minimum absolute atomic E-state index is 0.0847. The molecule has 0 amide bonds. The highest BCUT2D eigenvalue weighted by molar-refractivity contribution is 5.88. The summed E-state index contributed by atoms with van der Waals surface area (Å²) in [6, 6.07) is 17.0. The van der Waals surface area contributed by atoms with Crippen LogP contribution in [0.2, 0.25) is 0 Å². The molecule has 3 rings (SSSR count). The Morgan fingerprint density at radius 1 is 1.00 bits per heavy atom. The van der Waals surface area contributed by atoms with Gasteiger partial charge in [-0.15, -0.1) is 0 Å². The van der Waals surface area contributed by atoms with Gasteiger partial charge >= 0.3 is 11.9 Å². The van der Waals surface area contributed by atoms with Gasteiger partial charge < -0.3 is 10.2 Å². The third-order valence-electron chi connectivity index (χ3n) is 3.78. The second-order valence-corrected chi connectivity index (χ2v) is 5.56. The number of hydrogen-bond acceptors (Lipinski definition) is 3. The number of rotatable bonds is 4. The fraction of sp³-hybridized carbons (Fsp3) is 0.150. The first-order chi connectivity index (χ1) is 12.0. The van der Waals surface area contributed by atoms with Gasteiger partial charge in [0.25, 0.3) is 0 Å². The van der Waals surface area contributed by atoms with E-state index in [0.717, 1.165) is 21.9 Å². The van der Waals surface area contributed by atoms with Crippen LogP contribution in [0.4, 0.5) is 0 Å². The number of carboxylic acid groups (broad SMARTS) is 2. The van der Waals surface area contributed by atoms with Gasteiger partial charge in [-0.05, 0) is 34.9 Å². The normalized spacial score (nSPS) is 11.2. The number of hydrogen-bond donors (Lipinski definition) is 2. The van der Waals surface area contributed by atoms with Crippen molar-refractivity contribution in [1.82, 2.24) is 4.98 Å². The number of nitrogens with zero attached hydrogens (tertiary/aromatic N) is 1. The lowest BCUT2D eigenvalue weighted by molar-refractivity contribution is -0.138. The third kappa shape index (κ3) is 5.14. The number of aromatic nitrogens is 1. The standard InChI is InChI=1S/C12H10O2.C8H9NO2/c13-12(14)8-10-6-3-5-9-4-1-2-7-11(9)10;1-6(8(10)11)7-3-2-4-9-5-7/h1-7H,8H2,(H,13,14);2-6H,1H3,(H,10,11). The van der Waals surface area contributed by atoms with Crippen LogP contribution in [0.15, 0.2) is 67.0 Å². The number of benzene rings is 2. The average Bonchev–Trinajstić information content (AvgIpc) is 2.62. The van der Waals surface area contributed by atoms with Crippen molar-refractivity contribution in [3.8, 4) is 0 Å². The molecule has 2 N–H and O–H groups in total. The molecule has 5 nitrogen and oxygen atoms in total. The third-order valence-corrected chi connectivity index (χ3v) is 3.78. The zero-order chi connectivity index (χ0) is 18.2. The number of carbonyl (C=O) groups is 2. The number of aliphatic carboxylic acids is 2. The summed E-state index contributed by atoms with van der Waals surface area (Å²) in [5.41, 5.74) is 1.61. The summed E-state index contributed by atoms with van der Waals surface area (Å²) in [4.78, 5) is 24.9. The Hall–Kier alpha value is -3.21. The molecule has 0 saturated carbocycles. The van der Waals surface area contributed by atoms with Crippen LogP contribution >= 0.6 is 0 Å². The zero-order valence-corrected chi connectivity index (χ0v) is 13.8. The number of fused-ring (bicyclic) bond motifs is 1. The van der Waals surface area contributed by atoms with Crippen LogP contribution in [0.1, 0.15) is 24.0 Å². The van der Waals surface area contributed by atoms with E-state index in [-0.39, 0.29) is 6.42 Å². The van der Waals surface area contributed by atoms with E-state index in [2.05, 4.69) is 4.98 Å². The second-order valence-electron chi connectivity index (χ2n) is 5.56. The Morgan fingerprint density at radius 2 is 1.72 bits per heavy atom. The molecule has 0 aliphatic rings. The van der Waals surface area contributed by atoms with Crippen LogP contribution in [-0.4, -0.2) is 27.1 Å². The molecule has 3 aromatic rings. The van der Waals surface area contributed by atoms with E-state index in [9.17, 15) is 9.59 Å². The van der Waals surface area contributed by atoms with Crippen LogP contribution in [0.3, 0.4) is 0 Å². The highest BCUT2D eigenvalue weighted by Crippen LogP contribution is 2.18. The molecule has 5 heteroatoms. The molecule has 1 atom stereocenters. The summed E-state index contributed by atoms with van der Waals surface area (Å²) in [7, 11) is 0. The molecule has 1 aromatic heterocycles. The van der Waals surface area contributed by atoms with Gasteiger partial charge in [-0.1, -0.05) is 48.5 Å². The topological polar surface area (TPSA) is 87.5 Å². The molecule has 128 valence electrons. The molecule has 2 aromatic carbocycles. The minimum Gasteiger partial charge on any atom is -0.481 e. The molecule has 25 heavy (non-hydrogen) atoms. The molecule has 0 fully saturated rings. The largest absolute Gasteiger partial charge is 0.481 e. The van der Waals surface area contributed by atoms with Crippen LogP contribution < -0.4 is 0 Å². The van der Waals surface area contributed by atoms with Crippen LogP contribution in [0.5, 0.6) is 0 Å². The van der Waals surface area contributed by atoms with E-state index in [1.165, 1.54) is 0 Å². The molecule has 0 aliphatic carbocycles. The van der Waals surface area contributed by atoms with Crippen LogP contribution in [0.25, 0.3) is 10.8 Å². The lowest BCUT2D eigenvalue weighted by atomic mass is 10.0. The Morgan fingerprint density at radius 3 is 2.36 bits per heavy atom. The number of carboxylic acids is 2. The highest BCUT2D eigenvalue weighted by Gasteiger charge is 2.12. The van der Waals surface area contributed by atoms with Crippen LogP contribution in [-0.2, 0) is 16.0 Å². The summed E-state index contributed by atoms with van der Waals surface area (Å²) in [5.74, 6) is -2.08. The van der Waals surface area contributed by atoms with Crippen molar-refractivity contribution in [1.29, 1.82) is 0 Å². The van der Waals surface area contributed by atoms with Gasteiger partial charge in [-0.25, -0.2) is 0 Å². The van der Waals surface area contributed by atoms with E-state index >= 15 is 0 Å².